The molecule has 94 valence electrons. The van der Waals surface area contributed by atoms with E-state index in [0.717, 1.165) is 41.4 Å². The van der Waals surface area contributed by atoms with Gasteiger partial charge in [-0.25, -0.2) is 0 Å². The fourth-order valence-corrected chi connectivity index (χ4v) is 8.02. The van der Waals surface area contributed by atoms with Crippen molar-refractivity contribution in [2.75, 3.05) is 0 Å². The van der Waals surface area contributed by atoms with Gasteiger partial charge in [-0.15, -0.1) is 0 Å². The molecular formula is C15H24OSi. The topological polar surface area (TPSA) is 9.23 Å². The zero-order valence-corrected chi connectivity index (χ0v) is 12.3. The van der Waals surface area contributed by atoms with Crippen molar-refractivity contribution in [3.05, 3.63) is 0 Å². The summed E-state index contributed by atoms with van der Waals surface area (Å²) in [6, 6.07) is 0. The van der Waals surface area contributed by atoms with Crippen molar-refractivity contribution in [2.24, 2.45) is 41.4 Å². The molecule has 2 heteroatoms. The van der Waals surface area contributed by atoms with Gasteiger partial charge in [0, 0.05) is 0 Å². The van der Waals surface area contributed by atoms with Gasteiger partial charge in [0.15, 0.2) is 8.32 Å². The van der Waals surface area contributed by atoms with Crippen LogP contribution in [-0.2, 0) is 4.43 Å². The lowest BCUT2D eigenvalue weighted by molar-refractivity contribution is 0.0457. The molecule has 1 nitrogen and oxygen atoms in total. The fraction of sp³-hybridized carbons (Fsp3) is 1.00. The minimum Gasteiger partial charge on any atom is -0.412 e. The smallest absolute Gasteiger partial charge is 0.184 e. The van der Waals surface area contributed by atoms with Crippen molar-refractivity contribution in [1.82, 2.24) is 0 Å². The van der Waals surface area contributed by atoms with E-state index in [0.29, 0.717) is 5.60 Å². The Labute approximate surface area is 105 Å². The quantitative estimate of drug-likeness (QED) is 0.679. The molecule has 0 saturated heterocycles. The molecule has 5 aliphatic rings. The predicted octanol–water partition coefficient (Wildman–Crippen LogP) is 3.52. The van der Waals surface area contributed by atoms with Crippen molar-refractivity contribution in [3.63, 3.8) is 0 Å². The van der Waals surface area contributed by atoms with Crippen molar-refractivity contribution in [1.29, 1.82) is 0 Å². The van der Waals surface area contributed by atoms with Gasteiger partial charge in [-0.2, -0.15) is 0 Å². The summed E-state index contributed by atoms with van der Waals surface area (Å²) >= 11 is 0. The van der Waals surface area contributed by atoms with Crippen molar-refractivity contribution in [2.45, 2.75) is 50.9 Å². The van der Waals surface area contributed by atoms with Crippen LogP contribution in [0.5, 0.6) is 0 Å². The van der Waals surface area contributed by atoms with Crippen LogP contribution in [0.3, 0.4) is 0 Å². The molecule has 0 aromatic heterocycles. The van der Waals surface area contributed by atoms with Crippen LogP contribution >= 0.6 is 0 Å². The van der Waals surface area contributed by atoms with Crippen LogP contribution in [-0.4, -0.2) is 13.9 Å². The van der Waals surface area contributed by atoms with E-state index in [1.165, 1.54) is 6.42 Å². The highest BCUT2D eigenvalue weighted by Crippen LogP contribution is 2.80. The molecule has 0 N–H and O–H groups in total. The fourth-order valence-electron chi connectivity index (χ4n) is 6.50. The molecular weight excluding hydrogens is 224 g/mol. The highest BCUT2D eigenvalue weighted by atomic mass is 28.4. The van der Waals surface area contributed by atoms with Crippen molar-refractivity contribution < 1.29 is 4.43 Å². The summed E-state index contributed by atoms with van der Waals surface area (Å²) in [5.74, 6) is 7.66. The molecule has 0 unspecified atom stereocenters. The van der Waals surface area contributed by atoms with Crippen LogP contribution in [0.1, 0.15) is 25.7 Å². The van der Waals surface area contributed by atoms with Gasteiger partial charge in [0.2, 0.25) is 0 Å². The van der Waals surface area contributed by atoms with Crippen LogP contribution in [0.25, 0.3) is 0 Å². The lowest BCUT2D eigenvalue weighted by Crippen LogP contribution is -2.42. The summed E-state index contributed by atoms with van der Waals surface area (Å²) in [4.78, 5) is 0. The Bertz CT molecular complexity index is 400. The minimum absolute atomic E-state index is 0.424. The molecule has 5 fully saturated rings. The van der Waals surface area contributed by atoms with Crippen molar-refractivity contribution in [3.8, 4) is 0 Å². The third kappa shape index (κ3) is 1.07. The number of rotatable bonds is 2. The second kappa shape index (κ2) is 2.56. The Kier molecular flexibility index (Phi) is 1.51. The molecule has 5 saturated carbocycles. The van der Waals surface area contributed by atoms with Gasteiger partial charge in [-0.1, -0.05) is 0 Å². The Morgan fingerprint density at radius 3 is 2.47 bits per heavy atom. The van der Waals surface area contributed by atoms with Gasteiger partial charge in [-0.3, -0.25) is 0 Å². The number of fused-ring (bicyclic) bond motifs is 10. The maximum absolute atomic E-state index is 6.71. The van der Waals surface area contributed by atoms with Gasteiger partial charge in [0.1, 0.15) is 0 Å². The Hall–Kier alpha value is 0.177. The molecule has 8 atom stereocenters. The molecule has 0 aliphatic heterocycles. The number of hydrogen-bond acceptors (Lipinski definition) is 1. The molecule has 0 spiro atoms. The predicted molar refractivity (Wildman–Crippen MR) is 70.1 cm³/mol. The molecule has 0 heterocycles. The maximum Gasteiger partial charge on any atom is 0.184 e. The summed E-state index contributed by atoms with van der Waals surface area (Å²) in [7, 11) is -1.34. The minimum atomic E-state index is -1.34. The van der Waals surface area contributed by atoms with Gasteiger partial charge in [0.25, 0.3) is 0 Å². The van der Waals surface area contributed by atoms with E-state index in [1.54, 1.807) is 19.3 Å². The maximum atomic E-state index is 6.71. The zero-order valence-electron chi connectivity index (χ0n) is 11.3. The average molecular weight is 248 g/mol. The second-order valence-electron chi connectivity index (χ2n) is 8.62. The lowest BCUT2D eigenvalue weighted by Gasteiger charge is -2.37. The molecule has 0 amide bonds. The highest BCUT2D eigenvalue weighted by Gasteiger charge is 2.79. The van der Waals surface area contributed by atoms with E-state index in [4.69, 9.17) is 4.43 Å². The molecule has 5 aliphatic carbocycles. The van der Waals surface area contributed by atoms with E-state index >= 15 is 0 Å². The van der Waals surface area contributed by atoms with Crippen molar-refractivity contribution >= 4 is 8.32 Å². The van der Waals surface area contributed by atoms with Gasteiger partial charge < -0.3 is 4.43 Å². The second-order valence-corrected chi connectivity index (χ2v) is 13.1. The van der Waals surface area contributed by atoms with Gasteiger partial charge in [-0.05, 0) is 86.7 Å². The monoisotopic (exact) mass is 248 g/mol. The highest BCUT2D eigenvalue weighted by molar-refractivity contribution is 6.69. The largest absolute Gasteiger partial charge is 0.412 e. The Morgan fingerprint density at radius 1 is 0.941 bits per heavy atom. The summed E-state index contributed by atoms with van der Waals surface area (Å²) in [6.45, 7) is 7.15. The normalized spacial score (nSPS) is 65.5. The molecule has 0 aromatic carbocycles. The van der Waals surface area contributed by atoms with Gasteiger partial charge in [0.05, 0.1) is 5.60 Å². The Balaban J connectivity index is 1.49. The first-order valence-electron chi connectivity index (χ1n) is 7.70. The SMILES string of the molecule is C[Si](C)(C)O[C@@]12C[C@@H]1[C@@H]1C[C@H]2[C@H]2[C@@H]3C[C@@H]3C[C@@H]12. The zero-order chi connectivity index (χ0) is 11.6. The Morgan fingerprint density at radius 2 is 1.71 bits per heavy atom. The molecule has 2 bridgehead atoms. The number of hydrogen-bond donors (Lipinski definition) is 0. The van der Waals surface area contributed by atoms with E-state index < -0.39 is 8.32 Å². The summed E-state index contributed by atoms with van der Waals surface area (Å²) in [5.41, 5.74) is 0.424. The first kappa shape index (κ1) is 10.0. The van der Waals surface area contributed by atoms with Crippen LogP contribution < -0.4 is 0 Å². The van der Waals surface area contributed by atoms with Crippen LogP contribution in [0, 0.1) is 41.4 Å². The molecule has 5 rings (SSSR count). The first-order chi connectivity index (χ1) is 8.00. The summed E-state index contributed by atoms with van der Waals surface area (Å²) in [6.07, 6.45) is 6.18. The third-order valence-corrected chi connectivity index (χ3v) is 7.72. The van der Waals surface area contributed by atoms with E-state index in [1.807, 2.05) is 0 Å². The lowest BCUT2D eigenvalue weighted by atomic mass is 9.77. The molecule has 0 radical (unpaired) electrons. The summed E-state index contributed by atoms with van der Waals surface area (Å²) in [5, 5.41) is 0. The summed E-state index contributed by atoms with van der Waals surface area (Å²) < 4.78 is 6.71. The van der Waals surface area contributed by atoms with E-state index in [9.17, 15) is 0 Å². The van der Waals surface area contributed by atoms with Gasteiger partial charge >= 0.3 is 0 Å². The van der Waals surface area contributed by atoms with Crippen LogP contribution in [0.4, 0.5) is 0 Å². The van der Waals surface area contributed by atoms with Crippen LogP contribution in [0.2, 0.25) is 19.6 Å². The molecule has 0 aromatic rings. The first-order valence-corrected chi connectivity index (χ1v) is 11.1. The molecule has 17 heavy (non-hydrogen) atoms. The average Bonchev–Trinajstić information content (AvgIpc) is 3.00. The standard InChI is InChI=1S/C15H24OSi/c1-17(2,3)16-15-7-13(15)10-6-12(15)14-9-4-8(9)5-11(10)14/h8-14H,4-7H2,1-3H3/t8-,9-,10-,11+,12+,13-,14+,15-/m1/s1. The van der Waals surface area contributed by atoms with E-state index in [-0.39, 0.29) is 0 Å². The van der Waals surface area contributed by atoms with E-state index in [2.05, 4.69) is 19.6 Å². The van der Waals surface area contributed by atoms with Crippen LogP contribution in [0.15, 0.2) is 0 Å². The third-order valence-electron chi connectivity index (χ3n) is 6.73.